The lowest BCUT2D eigenvalue weighted by molar-refractivity contribution is -0.161. The van der Waals surface area contributed by atoms with E-state index in [9.17, 15) is 43.2 Å². The van der Waals surface area contributed by atoms with Crippen LogP contribution in [0.3, 0.4) is 0 Å². The summed E-state index contributed by atoms with van der Waals surface area (Å²) in [5.74, 6) is -0.559. The van der Waals surface area contributed by atoms with Gasteiger partial charge in [-0.2, -0.15) is 0 Å². The molecule has 0 bridgehead atoms. The monoisotopic (exact) mass is 1540 g/mol. The van der Waals surface area contributed by atoms with Crippen molar-refractivity contribution in [2.24, 2.45) is 11.8 Å². The first kappa shape index (κ1) is 103. The average molecular weight is 1540 g/mol. The lowest BCUT2D eigenvalue weighted by Gasteiger charge is -2.21. The Hall–Kier alpha value is -1.94. The molecule has 3 unspecified atom stereocenters. The minimum Gasteiger partial charge on any atom is -0.462 e. The Kier molecular flexibility index (Phi) is 76.0. The van der Waals surface area contributed by atoms with Gasteiger partial charge in [0.2, 0.25) is 0 Å². The van der Waals surface area contributed by atoms with E-state index in [0.717, 1.165) is 108 Å². The summed E-state index contributed by atoms with van der Waals surface area (Å²) in [5, 5.41) is 10.7. The quantitative estimate of drug-likeness (QED) is 0.0222. The van der Waals surface area contributed by atoms with Gasteiger partial charge in [-0.15, -0.1) is 0 Å². The fourth-order valence-electron chi connectivity index (χ4n) is 13.4. The molecule has 0 spiro atoms. The number of carbonyl (C=O) groups excluding carboxylic acids is 4. The van der Waals surface area contributed by atoms with Crippen LogP contribution in [0.1, 0.15) is 459 Å². The van der Waals surface area contributed by atoms with E-state index in [0.29, 0.717) is 25.7 Å². The molecule has 6 atom stereocenters. The molecule has 0 heterocycles. The molecule has 0 aliphatic rings. The highest BCUT2D eigenvalue weighted by Crippen LogP contribution is 2.45. The molecule has 0 aromatic heterocycles. The number of phosphoric acid groups is 2. The lowest BCUT2D eigenvalue weighted by atomic mass is 10.00. The van der Waals surface area contributed by atoms with Gasteiger partial charge < -0.3 is 33.8 Å². The Bertz CT molecular complexity index is 2010. The number of hydrogen-bond acceptors (Lipinski definition) is 15. The van der Waals surface area contributed by atoms with Gasteiger partial charge >= 0.3 is 39.5 Å². The first-order valence-electron chi connectivity index (χ1n) is 44.5. The predicted molar refractivity (Wildman–Crippen MR) is 432 cm³/mol. The summed E-state index contributed by atoms with van der Waals surface area (Å²) in [5.41, 5.74) is 0. The Morgan fingerprint density at radius 2 is 0.486 bits per heavy atom. The van der Waals surface area contributed by atoms with Gasteiger partial charge in [-0.1, -0.05) is 408 Å². The van der Waals surface area contributed by atoms with Gasteiger partial charge in [-0.3, -0.25) is 37.3 Å². The lowest BCUT2D eigenvalue weighted by Crippen LogP contribution is -2.30. The fraction of sp³-hybridized carbons (Fsp3) is 0.953. The summed E-state index contributed by atoms with van der Waals surface area (Å²) in [4.78, 5) is 73.2. The molecule has 0 rings (SSSR count). The maximum Gasteiger partial charge on any atom is 0.472 e. The summed E-state index contributed by atoms with van der Waals surface area (Å²) in [6.45, 7) is 9.67. The molecule has 0 fully saturated rings. The van der Waals surface area contributed by atoms with Gasteiger partial charge in [0, 0.05) is 25.7 Å². The Morgan fingerprint density at radius 1 is 0.276 bits per heavy atom. The first-order valence-corrected chi connectivity index (χ1v) is 47.5. The van der Waals surface area contributed by atoms with Crippen LogP contribution < -0.4 is 0 Å². The zero-order valence-electron chi connectivity index (χ0n) is 69.0. The maximum absolute atomic E-state index is 13.1. The molecule has 105 heavy (non-hydrogen) atoms. The van der Waals surface area contributed by atoms with Crippen molar-refractivity contribution in [3.63, 3.8) is 0 Å². The van der Waals surface area contributed by atoms with E-state index in [1.54, 1.807) is 0 Å². The number of esters is 4. The topological polar surface area (TPSA) is 237 Å². The summed E-state index contributed by atoms with van der Waals surface area (Å²) in [6, 6.07) is 0. The van der Waals surface area contributed by atoms with Crippen LogP contribution in [0, 0.1) is 11.8 Å². The minimum absolute atomic E-state index is 0.108. The van der Waals surface area contributed by atoms with E-state index in [-0.39, 0.29) is 25.7 Å². The van der Waals surface area contributed by atoms with Crippen LogP contribution >= 0.6 is 15.6 Å². The fourth-order valence-corrected chi connectivity index (χ4v) is 15.0. The average Bonchev–Trinajstić information content (AvgIpc) is 0.910. The van der Waals surface area contributed by atoms with Crippen molar-refractivity contribution >= 4 is 39.5 Å². The second-order valence-corrected chi connectivity index (χ2v) is 34.6. The van der Waals surface area contributed by atoms with Gasteiger partial charge in [0.25, 0.3) is 0 Å². The Balaban J connectivity index is 5.23. The van der Waals surface area contributed by atoms with E-state index >= 15 is 0 Å². The molecule has 624 valence electrons. The molecule has 0 aromatic rings. The number of aliphatic hydroxyl groups is 1. The minimum atomic E-state index is -4.97. The van der Waals surface area contributed by atoms with Crippen molar-refractivity contribution in [1.29, 1.82) is 0 Å². The van der Waals surface area contributed by atoms with Gasteiger partial charge in [0.1, 0.15) is 19.3 Å². The molecule has 3 N–H and O–H groups in total. The van der Waals surface area contributed by atoms with Gasteiger partial charge in [0.05, 0.1) is 26.4 Å². The van der Waals surface area contributed by atoms with E-state index in [1.165, 1.54) is 270 Å². The molecule has 17 nitrogen and oxygen atoms in total. The van der Waals surface area contributed by atoms with Crippen LogP contribution in [0.4, 0.5) is 0 Å². The van der Waals surface area contributed by atoms with Gasteiger partial charge in [0.15, 0.2) is 12.2 Å². The molecule has 0 saturated carbocycles. The van der Waals surface area contributed by atoms with Crippen LogP contribution in [0.2, 0.25) is 0 Å². The number of ether oxygens (including phenoxy) is 4. The number of hydrogen-bond donors (Lipinski definition) is 3. The number of rotatable bonds is 85. The zero-order valence-corrected chi connectivity index (χ0v) is 70.8. The SMILES string of the molecule is CCCCCCCCCCCCCCCCCCCCCCC(=O)O[C@H](COC(=O)CCCCCCCCCCCCCCCCCCC(C)C)COP(=O)(O)OC[C@@H](O)COP(=O)(O)OC[C@@H](COC(=O)CCCCCCCCC(C)CC)OC(=O)CCCCCCCCCCCCCCCCCC. The van der Waals surface area contributed by atoms with Crippen molar-refractivity contribution in [1.82, 2.24) is 0 Å². The molecule has 0 aliphatic carbocycles. The largest absolute Gasteiger partial charge is 0.472 e. The summed E-state index contributed by atoms with van der Waals surface area (Å²) in [7, 11) is -9.93. The van der Waals surface area contributed by atoms with Crippen LogP contribution in [0.15, 0.2) is 0 Å². The third-order valence-electron chi connectivity index (χ3n) is 20.6. The molecule has 0 radical (unpaired) electrons. The van der Waals surface area contributed by atoms with Crippen LogP contribution in [-0.4, -0.2) is 96.7 Å². The van der Waals surface area contributed by atoms with Crippen LogP contribution in [0.5, 0.6) is 0 Å². The molecule has 0 aromatic carbocycles. The molecular formula is C86H168O17P2. The van der Waals surface area contributed by atoms with Crippen molar-refractivity contribution < 1.29 is 80.2 Å². The van der Waals surface area contributed by atoms with E-state index in [2.05, 4.69) is 41.5 Å². The summed E-state index contributed by atoms with van der Waals surface area (Å²) < 4.78 is 68.9. The molecule has 0 saturated heterocycles. The number of phosphoric ester groups is 2. The summed E-state index contributed by atoms with van der Waals surface area (Å²) in [6.07, 6.45) is 69.5. The predicted octanol–water partition coefficient (Wildman–Crippen LogP) is 26.2. The molecule has 0 aliphatic heterocycles. The second kappa shape index (κ2) is 77.4. The molecule has 19 heteroatoms. The van der Waals surface area contributed by atoms with Crippen LogP contribution in [-0.2, 0) is 65.4 Å². The van der Waals surface area contributed by atoms with Crippen molar-refractivity contribution in [2.75, 3.05) is 39.6 Å². The van der Waals surface area contributed by atoms with Gasteiger partial charge in [-0.05, 0) is 37.5 Å². The second-order valence-electron chi connectivity index (χ2n) is 31.6. The maximum atomic E-state index is 13.1. The van der Waals surface area contributed by atoms with Crippen molar-refractivity contribution in [3.05, 3.63) is 0 Å². The standard InChI is InChI=1S/C86H168O17P2/c1-7-10-12-14-16-18-20-22-24-26-27-28-29-35-39-43-47-51-59-65-70-85(90)102-81(74-96-83(88)68-62-56-49-45-41-37-34-31-30-32-36-40-44-48-54-60-66-78(4)5)76-100-104(92,93)98-72-80(87)73-99-105(94,95)101-77-82(75-97-84(89)69-63-57-53-52-55-61-67-79(6)9-3)103-86(91)71-64-58-50-46-42-38-33-25-23-21-19-17-15-13-11-8-2/h78-82,87H,7-77H2,1-6H3,(H,92,93)(H,94,95)/t79?,80-,81-,82-/m1/s1. The highest BCUT2D eigenvalue weighted by Gasteiger charge is 2.30. The first-order chi connectivity index (χ1) is 50.9. The summed E-state index contributed by atoms with van der Waals surface area (Å²) >= 11 is 0. The van der Waals surface area contributed by atoms with E-state index in [4.69, 9.17) is 37.0 Å². The van der Waals surface area contributed by atoms with E-state index < -0.39 is 97.5 Å². The zero-order chi connectivity index (χ0) is 77.1. The van der Waals surface area contributed by atoms with Gasteiger partial charge in [-0.25, -0.2) is 9.13 Å². The number of aliphatic hydroxyl groups excluding tert-OH is 1. The Labute approximate surface area is 645 Å². The van der Waals surface area contributed by atoms with Crippen molar-refractivity contribution in [3.8, 4) is 0 Å². The van der Waals surface area contributed by atoms with Crippen molar-refractivity contribution in [2.45, 2.75) is 477 Å². The molecular weight excluding hydrogens is 1370 g/mol. The third kappa shape index (κ3) is 78.5. The highest BCUT2D eigenvalue weighted by atomic mass is 31.2. The molecule has 0 amide bonds. The van der Waals surface area contributed by atoms with E-state index in [1.807, 2.05) is 0 Å². The Morgan fingerprint density at radius 3 is 0.724 bits per heavy atom. The smallest absolute Gasteiger partial charge is 0.462 e. The normalized spacial score (nSPS) is 14.1. The highest BCUT2D eigenvalue weighted by molar-refractivity contribution is 7.47. The third-order valence-corrected chi connectivity index (χ3v) is 22.5. The number of carbonyl (C=O) groups is 4. The number of unbranched alkanes of at least 4 members (excludes halogenated alkanes) is 54. The van der Waals surface area contributed by atoms with Crippen LogP contribution in [0.25, 0.3) is 0 Å².